The number of likely N-dealkylation sites (tertiary alicyclic amines) is 3. The lowest BCUT2D eigenvalue weighted by Gasteiger charge is -2.49. The van der Waals surface area contributed by atoms with Crippen molar-refractivity contribution in [3.05, 3.63) is 0 Å². The van der Waals surface area contributed by atoms with E-state index in [0.717, 1.165) is 12.1 Å². The van der Waals surface area contributed by atoms with E-state index >= 15 is 0 Å². The monoisotopic (exact) mass is 364 g/mol. The fraction of sp³-hybridized carbons (Fsp3) is 1.00. The van der Waals surface area contributed by atoms with E-state index in [4.69, 9.17) is 0 Å². The highest BCUT2D eigenvalue weighted by atomic mass is 15.2. The van der Waals surface area contributed by atoms with Crippen molar-refractivity contribution in [1.82, 2.24) is 20.0 Å². The van der Waals surface area contributed by atoms with Crippen LogP contribution in [0, 0.1) is 10.8 Å². The van der Waals surface area contributed by atoms with Gasteiger partial charge in [-0.3, -0.25) is 0 Å². The minimum Gasteiger partial charge on any atom is -0.316 e. The summed E-state index contributed by atoms with van der Waals surface area (Å²) in [7, 11) is 2.28. The van der Waals surface area contributed by atoms with Gasteiger partial charge in [-0.05, 0) is 104 Å². The maximum absolute atomic E-state index is 3.40. The first-order chi connectivity index (χ1) is 12.3. The molecule has 4 fully saturated rings. The summed E-state index contributed by atoms with van der Waals surface area (Å²) in [5.74, 6) is 0. The molecule has 4 saturated heterocycles. The molecule has 0 aromatic rings. The van der Waals surface area contributed by atoms with Gasteiger partial charge in [-0.2, -0.15) is 0 Å². The van der Waals surface area contributed by atoms with E-state index in [2.05, 4.69) is 54.8 Å². The van der Waals surface area contributed by atoms with Crippen molar-refractivity contribution >= 4 is 0 Å². The van der Waals surface area contributed by atoms with E-state index in [1.165, 1.54) is 84.5 Å². The molecule has 0 amide bonds. The summed E-state index contributed by atoms with van der Waals surface area (Å²) in [4.78, 5) is 7.77. The molecule has 0 bridgehead atoms. The molecule has 4 aliphatic heterocycles. The Labute approximate surface area is 162 Å². The Bertz CT molecular complexity index is 435. The molecule has 4 heteroatoms. The van der Waals surface area contributed by atoms with Crippen molar-refractivity contribution in [3.63, 3.8) is 0 Å². The van der Waals surface area contributed by atoms with E-state index in [0.29, 0.717) is 10.8 Å². The predicted molar refractivity (Wildman–Crippen MR) is 112 cm³/mol. The molecule has 1 atom stereocenters. The van der Waals surface area contributed by atoms with Crippen LogP contribution in [0.3, 0.4) is 0 Å². The Morgan fingerprint density at radius 3 is 1.73 bits per heavy atom. The van der Waals surface area contributed by atoms with Crippen LogP contribution in [-0.4, -0.2) is 86.2 Å². The van der Waals surface area contributed by atoms with Crippen LogP contribution in [0.4, 0.5) is 0 Å². The summed E-state index contributed by atoms with van der Waals surface area (Å²) < 4.78 is 0. The van der Waals surface area contributed by atoms with Gasteiger partial charge >= 0.3 is 0 Å². The van der Waals surface area contributed by atoms with E-state index in [1.807, 2.05) is 0 Å². The lowest BCUT2D eigenvalue weighted by molar-refractivity contribution is 0.0418. The quantitative estimate of drug-likeness (QED) is 0.813. The fourth-order valence-electron chi connectivity index (χ4n) is 5.55. The van der Waals surface area contributed by atoms with Gasteiger partial charge < -0.3 is 20.0 Å². The Kier molecular flexibility index (Phi) is 6.70. The molecule has 0 aromatic carbocycles. The molecule has 0 aromatic heterocycles. The first-order valence-electron chi connectivity index (χ1n) is 11.2. The molecule has 0 radical (unpaired) electrons. The van der Waals surface area contributed by atoms with Gasteiger partial charge in [0, 0.05) is 38.3 Å². The SMILES string of the molecule is CC(C)N1CCC2(CC1)CNC2.CC(C)N1CCC2(CCCN(C)C2)C1. The highest BCUT2D eigenvalue weighted by Crippen LogP contribution is 2.39. The van der Waals surface area contributed by atoms with Gasteiger partial charge in [0.15, 0.2) is 0 Å². The summed E-state index contributed by atoms with van der Waals surface area (Å²) in [5, 5.41) is 3.40. The van der Waals surface area contributed by atoms with Gasteiger partial charge in [-0.15, -0.1) is 0 Å². The third kappa shape index (κ3) is 4.81. The van der Waals surface area contributed by atoms with Crippen LogP contribution in [0.2, 0.25) is 0 Å². The predicted octanol–water partition coefficient (Wildman–Crippen LogP) is 2.89. The molecule has 4 aliphatic rings. The zero-order valence-corrected chi connectivity index (χ0v) is 18.2. The zero-order valence-electron chi connectivity index (χ0n) is 18.2. The lowest BCUT2D eigenvalue weighted by atomic mass is 9.73. The van der Waals surface area contributed by atoms with Crippen molar-refractivity contribution in [2.45, 2.75) is 71.9 Å². The number of nitrogens with one attached hydrogen (secondary N) is 1. The maximum atomic E-state index is 3.40. The molecular weight excluding hydrogens is 320 g/mol. The number of hydrogen-bond donors (Lipinski definition) is 1. The summed E-state index contributed by atoms with van der Waals surface area (Å²) >= 11 is 0. The first-order valence-corrected chi connectivity index (χ1v) is 11.2. The summed E-state index contributed by atoms with van der Waals surface area (Å²) in [6, 6.07) is 1.48. The molecule has 0 saturated carbocycles. The van der Waals surface area contributed by atoms with Crippen LogP contribution in [0.5, 0.6) is 0 Å². The van der Waals surface area contributed by atoms with Gasteiger partial charge in [0.2, 0.25) is 0 Å². The second-order valence-electron chi connectivity index (χ2n) is 10.4. The van der Waals surface area contributed by atoms with Crippen molar-refractivity contribution in [3.8, 4) is 0 Å². The highest BCUT2D eigenvalue weighted by Gasteiger charge is 2.41. The van der Waals surface area contributed by atoms with Crippen molar-refractivity contribution in [2.75, 3.05) is 59.4 Å². The maximum Gasteiger partial charge on any atom is 0.00534 e. The summed E-state index contributed by atoms with van der Waals surface area (Å²) in [6.45, 7) is 19.8. The van der Waals surface area contributed by atoms with Crippen LogP contribution < -0.4 is 5.32 Å². The molecule has 152 valence electrons. The molecule has 1 unspecified atom stereocenters. The van der Waals surface area contributed by atoms with Gasteiger partial charge in [0.05, 0.1) is 0 Å². The Morgan fingerprint density at radius 1 is 0.692 bits per heavy atom. The third-order valence-corrected chi connectivity index (χ3v) is 7.64. The number of hydrogen-bond acceptors (Lipinski definition) is 4. The molecule has 4 nitrogen and oxygen atoms in total. The van der Waals surface area contributed by atoms with Gasteiger partial charge in [0.25, 0.3) is 0 Å². The Hall–Kier alpha value is -0.160. The third-order valence-electron chi connectivity index (χ3n) is 7.64. The van der Waals surface area contributed by atoms with Crippen LogP contribution in [0.25, 0.3) is 0 Å². The smallest absolute Gasteiger partial charge is 0.00534 e. The Balaban J connectivity index is 0.000000152. The van der Waals surface area contributed by atoms with E-state index in [-0.39, 0.29) is 0 Å². The average Bonchev–Trinajstić information content (AvgIpc) is 2.97. The van der Waals surface area contributed by atoms with Crippen LogP contribution in [0.1, 0.15) is 59.8 Å². The van der Waals surface area contributed by atoms with Gasteiger partial charge in [0.1, 0.15) is 0 Å². The van der Waals surface area contributed by atoms with Crippen LogP contribution >= 0.6 is 0 Å². The lowest BCUT2D eigenvalue weighted by Crippen LogP contribution is -2.58. The largest absolute Gasteiger partial charge is 0.316 e. The van der Waals surface area contributed by atoms with Gasteiger partial charge in [-0.1, -0.05) is 0 Å². The number of piperidine rings is 2. The molecule has 26 heavy (non-hydrogen) atoms. The normalized spacial score (nSPS) is 32.9. The standard InChI is InChI=1S/C12H24N2.C10H20N2/c1-11(2)14-8-6-12(10-14)5-4-7-13(3)9-12;1-9(2)12-5-3-10(4-6-12)7-11-8-10/h11H,4-10H2,1-3H3;9,11H,3-8H2,1-2H3. The fourth-order valence-corrected chi connectivity index (χ4v) is 5.55. The first kappa shape index (κ1) is 20.6. The van der Waals surface area contributed by atoms with E-state index < -0.39 is 0 Å². The van der Waals surface area contributed by atoms with Crippen molar-refractivity contribution in [1.29, 1.82) is 0 Å². The Morgan fingerprint density at radius 2 is 1.27 bits per heavy atom. The summed E-state index contributed by atoms with van der Waals surface area (Å²) in [6.07, 6.45) is 7.12. The number of rotatable bonds is 2. The molecule has 1 N–H and O–H groups in total. The molecule has 4 heterocycles. The van der Waals surface area contributed by atoms with Crippen molar-refractivity contribution < 1.29 is 0 Å². The molecule has 2 spiro atoms. The highest BCUT2D eigenvalue weighted by molar-refractivity contribution is 4.96. The molecule has 0 aliphatic carbocycles. The minimum absolute atomic E-state index is 0.650. The van der Waals surface area contributed by atoms with Gasteiger partial charge in [-0.25, -0.2) is 0 Å². The van der Waals surface area contributed by atoms with E-state index in [1.54, 1.807) is 0 Å². The van der Waals surface area contributed by atoms with E-state index in [9.17, 15) is 0 Å². The molecular formula is C22H44N4. The van der Waals surface area contributed by atoms with Crippen LogP contribution in [-0.2, 0) is 0 Å². The summed E-state index contributed by atoms with van der Waals surface area (Å²) in [5.41, 5.74) is 1.36. The van der Waals surface area contributed by atoms with Crippen molar-refractivity contribution in [2.24, 2.45) is 10.8 Å². The topological polar surface area (TPSA) is 21.8 Å². The minimum atomic E-state index is 0.650. The zero-order chi connectivity index (χ0) is 18.8. The average molecular weight is 365 g/mol. The molecule has 4 rings (SSSR count). The second-order valence-corrected chi connectivity index (χ2v) is 10.4. The number of nitrogens with zero attached hydrogens (tertiary/aromatic N) is 3. The van der Waals surface area contributed by atoms with Crippen LogP contribution in [0.15, 0.2) is 0 Å². The second kappa shape index (κ2) is 8.46.